The zero-order valence-corrected chi connectivity index (χ0v) is 16.5. The zero-order valence-electron chi connectivity index (χ0n) is 15.8. The van der Waals surface area contributed by atoms with E-state index < -0.39 is 11.9 Å². The van der Waals surface area contributed by atoms with E-state index in [1.807, 2.05) is 18.2 Å². The lowest BCUT2D eigenvalue weighted by Crippen LogP contribution is -2.21. The Kier molecular flexibility index (Phi) is 7.89. The van der Waals surface area contributed by atoms with Crippen LogP contribution in [0.1, 0.15) is 22.8 Å². The van der Waals surface area contributed by atoms with Crippen molar-refractivity contribution in [2.24, 2.45) is 0 Å². The van der Waals surface area contributed by atoms with Crippen molar-refractivity contribution in [2.45, 2.75) is 13.3 Å². The first kappa shape index (κ1) is 21.3. The molecule has 0 aromatic heterocycles. The summed E-state index contributed by atoms with van der Waals surface area (Å²) < 4.78 is 15.8. The van der Waals surface area contributed by atoms with E-state index >= 15 is 0 Å². The van der Waals surface area contributed by atoms with Gasteiger partial charge >= 0.3 is 5.97 Å². The second-order valence-corrected chi connectivity index (χ2v) is 6.10. The van der Waals surface area contributed by atoms with Crippen molar-refractivity contribution >= 4 is 29.2 Å². The molecule has 0 unspecified atom stereocenters. The molecule has 7 heteroatoms. The summed E-state index contributed by atoms with van der Waals surface area (Å²) in [6.45, 7) is 5.44. The summed E-state index contributed by atoms with van der Waals surface area (Å²) in [5.74, 6) is -0.100. The van der Waals surface area contributed by atoms with Gasteiger partial charge in [0, 0.05) is 6.07 Å². The van der Waals surface area contributed by atoms with Crippen molar-refractivity contribution in [3.05, 3.63) is 65.2 Å². The minimum atomic E-state index is -0.554. The van der Waals surface area contributed by atoms with Gasteiger partial charge in [-0.1, -0.05) is 35.9 Å². The highest BCUT2D eigenvalue weighted by molar-refractivity contribution is 6.34. The number of halogens is 1. The Labute approximate surface area is 169 Å². The maximum absolute atomic E-state index is 12.3. The van der Waals surface area contributed by atoms with Gasteiger partial charge in [0.05, 0.1) is 24.4 Å². The predicted molar refractivity (Wildman–Crippen MR) is 108 cm³/mol. The molecule has 1 N–H and O–H groups in total. The molecule has 0 radical (unpaired) electrons. The Morgan fingerprint density at radius 2 is 1.96 bits per heavy atom. The molecule has 2 aromatic carbocycles. The molecule has 6 nitrogen and oxygen atoms in total. The molecule has 2 rings (SSSR count). The molecule has 148 valence electrons. The van der Waals surface area contributed by atoms with Crippen molar-refractivity contribution in [3.63, 3.8) is 0 Å². The second-order valence-electron chi connectivity index (χ2n) is 5.69. The van der Waals surface area contributed by atoms with E-state index in [-0.39, 0.29) is 29.5 Å². The number of nitrogens with one attached hydrogen (secondary N) is 1. The number of ether oxygens (including phenoxy) is 3. The third-order valence-corrected chi connectivity index (χ3v) is 4.07. The summed E-state index contributed by atoms with van der Waals surface area (Å²) >= 11 is 6.20. The van der Waals surface area contributed by atoms with E-state index in [0.29, 0.717) is 17.9 Å². The molecule has 0 bridgehead atoms. The molecule has 0 fully saturated rings. The monoisotopic (exact) mass is 403 g/mol. The SMILES string of the molecule is C=CCc1ccccc1OCC(=O)Nc1cc(OC)c(C(=O)OCC)cc1Cl. The molecule has 0 saturated carbocycles. The molecule has 0 aliphatic carbocycles. The Bertz CT molecular complexity index is 866. The highest BCUT2D eigenvalue weighted by Crippen LogP contribution is 2.31. The minimum absolute atomic E-state index is 0.182. The number of rotatable bonds is 9. The number of anilines is 1. The lowest BCUT2D eigenvalue weighted by Gasteiger charge is -2.14. The van der Waals surface area contributed by atoms with Gasteiger partial charge < -0.3 is 19.5 Å². The van der Waals surface area contributed by atoms with E-state index in [0.717, 1.165) is 5.56 Å². The van der Waals surface area contributed by atoms with Crippen LogP contribution in [0.2, 0.25) is 5.02 Å². The van der Waals surface area contributed by atoms with Gasteiger partial charge in [0.15, 0.2) is 6.61 Å². The van der Waals surface area contributed by atoms with Gasteiger partial charge in [0.2, 0.25) is 0 Å². The average Bonchev–Trinajstić information content (AvgIpc) is 2.69. The predicted octanol–water partition coefficient (Wildman–Crippen LogP) is 4.27. The van der Waals surface area contributed by atoms with Crippen LogP contribution in [0.15, 0.2) is 49.1 Å². The van der Waals surface area contributed by atoms with Crippen LogP contribution in [-0.2, 0) is 16.0 Å². The van der Waals surface area contributed by atoms with Crippen LogP contribution in [0, 0.1) is 0 Å². The fourth-order valence-electron chi connectivity index (χ4n) is 2.48. The number of hydrogen-bond acceptors (Lipinski definition) is 5. The van der Waals surface area contributed by atoms with Gasteiger partial charge in [-0.05, 0) is 31.0 Å². The summed E-state index contributed by atoms with van der Waals surface area (Å²) in [5, 5.41) is 2.84. The van der Waals surface area contributed by atoms with Crippen molar-refractivity contribution in [2.75, 3.05) is 25.6 Å². The van der Waals surface area contributed by atoms with Crippen LogP contribution < -0.4 is 14.8 Å². The number of methoxy groups -OCH3 is 1. The van der Waals surface area contributed by atoms with Gasteiger partial charge in [-0.2, -0.15) is 0 Å². The van der Waals surface area contributed by atoms with Crippen molar-refractivity contribution in [1.29, 1.82) is 0 Å². The maximum Gasteiger partial charge on any atom is 0.341 e. The summed E-state index contributed by atoms with van der Waals surface area (Å²) in [4.78, 5) is 24.3. The number of esters is 1. The zero-order chi connectivity index (χ0) is 20.5. The first-order valence-electron chi connectivity index (χ1n) is 8.66. The molecule has 0 saturated heterocycles. The molecule has 1 amide bonds. The standard InChI is InChI=1S/C21H22ClNO5/c1-4-8-14-9-6-7-10-18(14)28-13-20(24)23-17-12-19(26-3)15(11-16(17)22)21(25)27-5-2/h4,6-7,9-12H,1,5,8,13H2,2-3H3,(H,23,24). The number of para-hydroxylation sites is 1. The lowest BCUT2D eigenvalue weighted by atomic mass is 10.1. The number of carbonyl (C=O) groups excluding carboxylic acids is 2. The van der Waals surface area contributed by atoms with Crippen LogP contribution in [0.3, 0.4) is 0 Å². The van der Waals surface area contributed by atoms with Crippen LogP contribution in [-0.4, -0.2) is 32.2 Å². The summed E-state index contributed by atoms with van der Waals surface area (Å²) in [6.07, 6.45) is 2.40. The lowest BCUT2D eigenvalue weighted by molar-refractivity contribution is -0.118. The van der Waals surface area contributed by atoms with Crippen LogP contribution in [0.4, 0.5) is 5.69 Å². The molecule has 2 aromatic rings. The van der Waals surface area contributed by atoms with Gasteiger partial charge in [0.25, 0.3) is 5.91 Å². The molecule has 0 atom stereocenters. The molecule has 28 heavy (non-hydrogen) atoms. The third kappa shape index (κ3) is 5.50. The van der Waals surface area contributed by atoms with E-state index in [4.69, 9.17) is 25.8 Å². The first-order valence-corrected chi connectivity index (χ1v) is 9.04. The normalized spacial score (nSPS) is 10.1. The number of benzene rings is 2. The maximum atomic E-state index is 12.3. The van der Waals surface area contributed by atoms with E-state index in [1.54, 1.807) is 19.1 Å². The van der Waals surface area contributed by atoms with Gasteiger partial charge in [-0.3, -0.25) is 4.79 Å². The summed E-state index contributed by atoms with van der Waals surface area (Å²) in [7, 11) is 1.41. The summed E-state index contributed by atoms with van der Waals surface area (Å²) in [5.41, 5.74) is 1.42. The number of hydrogen-bond donors (Lipinski definition) is 1. The fourth-order valence-corrected chi connectivity index (χ4v) is 2.70. The van der Waals surface area contributed by atoms with Gasteiger partial charge in [-0.25, -0.2) is 4.79 Å². The van der Waals surface area contributed by atoms with Crippen LogP contribution in [0.5, 0.6) is 11.5 Å². The number of carbonyl (C=O) groups is 2. The second kappa shape index (κ2) is 10.4. The van der Waals surface area contributed by atoms with Gasteiger partial charge in [-0.15, -0.1) is 6.58 Å². The molecular weight excluding hydrogens is 382 g/mol. The fraction of sp³-hybridized carbons (Fsp3) is 0.238. The van der Waals surface area contributed by atoms with Crippen LogP contribution in [0.25, 0.3) is 0 Å². The Morgan fingerprint density at radius 1 is 1.21 bits per heavy atom. The van der Waals surface area contributed by atoms with E-state index in [1.165, 1.54) is 19.2 Å². The highest BCUT2D eigenvalue weighted by Gasteiger charge is 2.18. The quantitative estimate of drug-likeness (QED) is 0.500. The number of allylic oxidation sites excluding steroid dienone is 1. The Hall–Kier alpha value is -2.99. The molecule has 0 aliphatic rings. The molecule has 0 heterocycles. The first-order chi connectivity index (χ1) is 13.5. The van der Waals surface area contributed by atoms with Crippen molar-refractivity contribution in [1.82, 2.24) is 0 Å². The highest BCUT2D eigenvalue weighted by atomic mass is 35.5. The molecular formula is C21H22ClNO5. The smallest absolute Gasteiger partial charge is 0.341 e. The molecule has 0 spiro atoms. The average molecular weight is 404 g/mol. The van der Waals surface area contributed by atoms with Crippen LogP contribution >= 0.6 is 11.6 Å². The van der Waals surface area contributed by atoms with E-state index in [2.05, 4.69) is 11.9 Å². The minimum Gasteiger partial charge on any atom is -0.496 e. The van der Waals surface area contributed by atoms with Gasteiger partial charge in [0.1, 0.15) is 17.1 Å². The number of amides is 1. The van der Waals surface area contributed by atoms with Crippen molar-refractivity contribution < 1.29 is 23.8 Å². The Morgan fingerprint density at radius 3 is 2.64 bits per heavy atom. The van der Waals surface area contributed by atoms with E-state index in [9.17, 15) is 9.59 Å². The van der Waals surface area contributed by atoms with Crippen molar-refractivity contribution in [3.8, 4) is 11.5 Å². The Balaban J connectivity index is 2.09. The largest absolute Gasteiger partial charge is 0.496 e. The molecule has 0 aliphatic heterocycles. The summed E-state index contributed by atoms with van der Waals surface area (Å²) in [6, 6.07) is 10.3. The topological polar surface area (TPSA) is 73.9 Å². The third-order valence-electron chi connectivity index (χ3n) is 3.75.